The summed E-state index contributed by atoms with van der Waals surface area (Å²) in [5.74, 6) is -0.386. The van der Waals surface area contributed by atoms with E-state index in [2.05, 4.69) is 0 Å². The Morgan fingerprint density at radius 3 is 2.32 bits per heavy atom. The Balaban J connectivity index is 1.95. The van der Waals surface area contributed by atoms with Gasteiger partial charge in [0, 0.05) is 23.4 Å². The minimum absolute atomic E-state index is 0.0806. The number of nitro groups is 1. The molecule has 2 rings (SSSR count). The van der Waals surface area contributed by atoms with Crippen molar-refractivity contribution < 1.29 is 19.2 Å². The van der Waals surface area contributed by atoms with Crippen LogP contribution in [-0.4, -0.2) is 15.1 Å². The maximum Gasteiger partial charge on any atom is 0.269 e. The Bertz CT molecular complexity index is 673. The van der Waals surface area contributed by atoms with Gasteiger partial charge in [0.25, 0.3) is 5.69 Å². The predicted molar refractivity (Wildman–Crippen MR) is 79.9 cm³/mol. The molecule has 0 aliphatic rings. The second-order valence-corrected chi connectivity index (χ2v) is 5.63. The van der Waals surface area contributed by atoms with E-state index in [1.54, 1.807) is 0 Å². The number of carbonyl (C=O) groups is 1. The molecule has 0 aliphatic carbocycles. The fourth-order valence-electron chi connectivity index (χ4n) is 1.77. The van der Waals surface area contributed by atoms with Crippen LogP contribution in [0.3, 0.4) is 0 Å². The smallest absolute Gasteiger partial charge is 0.269 e. The number of rotatable bonds is 5. The van der Waals surface area contributed by atoms with Gasteiger partial charge in [-0.2, -0.15) is 0 Å². The highest BCUT2D eigenvalue weighted by Gasteiger charge is 2.15. The summed E-state index contributed by atoms with van der Waals surface area (Å²) in [6.07, 6.45) is -1.18. The molecular weight excluding hydrogens is 309 g/mol. The van der Waals surface area contributed by atoms with Crippen LogP contribution in [0.2, 0.25) is 0 Å². The predicted octanol–water partition coefficient (Wildman–Crippen LogP) is 3.48. The largest absolute Gasteiger partial charge is 0.388 e. The van der Waals surface area contributed by atoms with Gasteiger partial charge in [-0.25, -0.2) is 4.39 Å². The molecule has 1 atom stereocenters. The number of hydrogen-bond acceptors (Lipinski definition) is 5. The van der Waals surface area contributed by atoms with Gasteiger partial charge in [0.05, 0.1) is 11.0 Å². The molecule has 0 saturated heterocycles. The molecular formula is C15H12FNO4S. The maximum atomic E-state index is 12.8. The van der Waals surface area contributed by atoms with E-state index in [1.165, 1.54) is 48.5 Å². The van der Waals surface area contributed by atoms with Crippen molar-refractivity contribution in [2.45, 2.75) is 17.4 Å². The minimum atomic E-state index is -1.04. The third-order valence-electron chi connectivity index (χ3n) is 2.89. The van der Waals surface area contributed by atoms with Gasteiger partial charge >= 0.3 is 0 Å². The summed E-state index contributed by atoms with van der Waals surface area (Å²) < 4.78 is 12.8. The average Bonchev–Trinajstić information content (AvgIpc) is 2.49. The van der Waals surface area contributed by atoms with Crippen molar-refractivity contribution in [1.29, 1.82) is 0 Å². The number of halogens is 1. The molecule has 1 unspecified atom stereocenters. The van der Waals surface area contributed by atoms with Crippen LogP contribution in [0.4, 0.5) is 10.1 Å². The van der Waals surface area contributed by atoms with E-state index < -0.39 is 11.0 Å². The monoisotopic (exact) mass is 321 g/mol. The van der Waals surface area contributed by atoms with Crippen molar-refractivity contribution in [3.63, 3.8) is 0 Å². The van der Waals surface area contributed by atoms with Gasteiger partial charge in [-0.15, -0.1) is 0 Å². The summed E-state index contributed by atoms with van der Waals surface area (Å²) in [6.45, 7) is 0. The zero-order valence-corrected chi connectivity index (χ0v) is 12.1. The van der Waals surface area contributed by atoms with E-state index in [9.17, 15) is 24.4 Å². The summed E-state index contributed by atoms with van der Waals surface area (Å²) in [5, 5.41) is 20.2. The minimum Gasteiger partial charge on any atom is -0.388 e. The van der Waals surface area contributed by atoms with Gasteiger partial charge in [-0.3, -0.25) is 14.9 Å². The Morgan fingerprint density at radius 2 is 1.77 bits per heavy atom. The lowest BCUT2D eigenvalue weighted by molar-refractivity contribution is -0.384. The van der Waals surface area contributed by atoms with Crippen LogP contribution in [0.15, 0.2) is 53.4 Å². The Kier molecular flexibility index (Phi) is 5.24. The Hall–Kier alpha value is -2.25. The van der Waals surface area contributed by atoms with Gasteiger partial charge < -0.3 is 5.11 Å². The third kappa shape index (κ3) is 4.37. The number of aliphatic hydroxyl groups excluding tert-OH is 1. The molecule has 0 aliphatic heterocycles. The highest BCUT2D eigenvalue weighted by Crippen LogP contribution is 2.26. The van der Waals surface area contributed by atoms with Crippen LogP contribution >= 0.6 is 11.8 Å². The second kappa shape index (κ2) is 7.15. The lowest BCUT2D eigenvalue weighted by Gasteiger charge is -2.09. The number of hydrogen-bond donors (Lipinski definition) is 1. The molecule has 5 nitrogen and oxygen atoms in total. The fourth-order valence-corrected chi connectivity index (χ4v) is 2.55. The number of benzene rings is 2. The Labute approximate surface area is 129 Å². The van der Waals surface area contributed by atoms with Crippen LogP contribution in [0.5, 0.6) is 0 Å². The molecule has 1 N–H and O–H groups in total. The number of nitro benzene ring substituents is 1. The van der Waals surface area contributed by atoms with Gasteiger partial charge in [-0.05, 0) is 42.0 Å². The molecule has 0 saturated carbocycles. The normalized spacial score (nSPS) is 11.9. The van der Waals surface area contributed by atoms with Crippen molar-refractivity contribution >= 4 is 22.6 Å². The standard InChI is InChI=1S/C15H12FNO4S/c16-11-3-7-13(8-4-11)22-15(19)9-14(18)10-1-5-12(6-2-10)17(20)21/h1-8,14,18H,9H2. The zero-order chi connectivity index (χ0) is 16.1. The van der Waals surface area contributed by atoms with Gasteiger partial charge in [0.1, 0.15) is 5.82 Å². The fraction of sp³-hybridized carbons (Fsp3) is 0.133. The summed E-state index contributed by atoms with van der Waals surface area (Å²) >= 11 is 0.910. The summed E-state index contributed by atoms with van der Waals surface area (Å²) in [5.41, 5.74) is 0.349. The quantitative estimate of drug-likeness (QED) is 0.518. The first kappa shape index (κ1) is 16.1. The van der Waals surface area contributed by atoms with Gasteiger partial charge in [0.15, 0.2) is 5.12 Å². The van der Waals surface area contributed by atoms with Crippen LogP contribution < -0.4 is 0 Å². The number of aliphatic hydroxyl groups is 1. The SMILES string of the molecule is O=C(CC(O)c1ccc([N+](=O)[O-])cc1)Sc1ccc(F)cc1. The number of carbonyl (C=O) groups excluding carboxylic acids is 1. The summed E-state index contributed by atoms with van der Waals surface area (Å²) in [6, 6.07) is 10.8. The summed E-state index contributed by atoms with van der Waals surface area (Å²) in [7, 11) is 0. The van der Waals surface area contributed by atoms with E-state index in [0.29, 0.717) is 10.5 Å². The van der Waals surface area contributed by atoms with Crippen LogP contribution in [-0.2, 0) is 4.79 Å². The molecule has 0 aromatic heterocycles. The molecule has 0 radical (unpaired) electrons. The van der Waals surface area contributed by atoms with E-state index in [4.69, 9.17) is 0 Å². The maximum absolute atomic E-state index is 12.8. The van der Waals surface area contributed by atoms with Crippen molar-refractivity contribution in [2.24, 2.45) is 0 Å². The van der Waals surface area contributed by atoms with Crippen LogP contribution in [0.1, 0.15) is 18.1 Å². The summed E-state index contributed by atoms with van der Waals surface area (Å²) in [4.78, 5) is 22.5. The molecule has 0 spiro atoms. The zero-order valence-electron chi connectivity index (χ0n) is 11.3. The molecule has 2 aromatic carbocycles. The Morgan fingerprint density at radius 1 is 1.18 bits per heavy atom. The van der Waals surface area contributed by atoms with E-state index in [-0.39, 0.29) is 23.0 Å². The molecule has 114 valence electrons. The molecule has 2 aromatic rings. The molecule has 0 fully saturated rings. The van der Waals surface area contributed by atoms with Crippen molar-refractivity contribution in [3.8, 4) is 0 Å². The number of non-ortho nitro benzene ring substituents is 1. The van der Waals surface area contributed by atoms with Crippen molar-refractivity contribution in [1.82, 2.24) is 0 Å². The van der Waals surface area contributed by atoms with E-state index in [0.717, 1.165) is 11.8 Å². The van der Waals surface area contributed by atoms with E-state index in [1.807, 2.05) is 0 Å². The first-order chi connectivity index (χ1) is 10.5. The second-order valence-electron chi connectivity index (χ2n) is 4.50. The average molecular weight is 321 g/mol. The molecule has 7 heteroatoms. The highest BCUT2D eigenvalue weighted by atomic mass is 32.2. The highest BCUT2D eigenvalue weighted by molar-refractivity contribution is 8.13. The van der Waals surface area contributed by atoms with Gasteiger partial charge in [-0.1, -0.05) is 11.8 Å². The first-order valence-corrected chi connectivity index (χ1v) is 7.16. The topological polar surface area (TPSA) is 80.4 Å². The molecule has 22 heavy (non-hydrogen) atoms. The van der Waals surface area contributed by atoms with Crippen LogP contribution in [0.25, 0.3) is 0 Å². The van der Waals surface area contributed by atoms with Crippen LogP contribution in [0, 0.1) is 15.9 Å². The lowest BCUT2D eigenvalue weighted by Crippen LogP contribution is -2.03. The van der Waals surface area contributed by atoms with Gasteiger partial charge in [0.2, 0.25) is 0 Å². The number of thioether (sulfide) groups is 1. The van der Waals surface area contributed by atoms with E-state index >= 15 is 0 Å². The van der Waals surface area contributed by atoms with Crippen molar-refractivity contribution in [3.05, 3.63) is 70.0 Å². The number of nitrogens with zero attached hydrogens (tertiary/aromatic N) is 1. The van der Waals surface area contributed by atoms with Crippen molar-refractivity contribution in [2.75, 3.05) is 0 Å². The third-order valence-corrected chi connectivity index (χ3v) is 3.80. The molecule has 0 bridgehead atoms. The molecule has 0 amide bonds. The lowest BCUT2D eigenvalue weighted by atomic mass is 10.1. The molecule has 0 heterocycles. The first-order valence-electron chi connectivity index (χ1n) is 6.34.